The first-order chi connectivity index (χ1) is 9.03. The summed E-state index contributed by atoms with van der Waals surface area (Å²) in [4.78, 5) is 1.38. The second-order valence-corrected chi connectivity index (χ2v) is 6.30. The number of nitriles is 1. The molecule has 1 aromatic carbocycles. The van der Waals surface area contributed by atoms with Crippen LogP contribution in [-0.2, 0) is 5.41 Å². The van der Waals surface area contributed by atoms with E-state index < -0.39 is 0 Å². The van der Waals surface area contributed by atoms with Crippen molar-refractivity contribution in [1.82, 2.24) is 0 Å². The minimum absolute atomic E-state index is 0.107. The molecule has 0 saturated heterocycles. The molecule has 1 heterocycles. The maximum Gasteiger partial charge on any atom is 0.0994 e. The molecule has 0 aliphatic heterocycles. The Morgan fingerprint density at radius 3 is 2.68 bits per heavy atom. The van der Waals surface area contributed by atoms with E-state index in [9.17, 15) is 0 Å². The van der Waals surface area contributed by atoms with Gasteiger partial charge in [0.25, 0.3) is 0 Å². The zero-order valence-electron chi connectivity index (χ0n) is 11.5. The van der Waals surface area contributed by atoms with E-state index in [4.69, 9.17) is 5.26 Å². The Kier molecular flexibility index (Phi) is 3.92. The lowest BCUT2D eigenvalue weighted by molar-refractivity contribution is 0.569. The first-order valence-corrected chi connectivity index (χ1v) is 7.19. The fraction of sp³-hybridized carbons (Fsp3) is 0.312. The van der Waals surface area contributed by atoms with Gasteiger partial charge in [0.05, 0.1) is 11.6 Å². The second kappa shape index (κ2) is 5.46. The fourth-order valence-electron chi connectivity index (χ4n) is 1.97. The lowest BCUT2D eigenvalue weighted by Crippen LogP contribution is -2.26. The summed E-state index contributed by atoms with van der Waals surface area (Å²) in [6.45, 7) is 7.32. The van der Waals surface area contributed by atoms with Crippen LogP contribution < -0.4 is 5.32 Å². The van der Waals surface area contributed by atoms with Gasteiger partial charge in [-0.25, -0.2) is 0 Å². The van der Waals surface area contributed by atoms with Crippen LogP contribution in [0, 0.1) is 18.3 Å². The van der Waals surface area contributed by atoms with E-state index in [1.807, 2.05) is 25.1 Å². The van der Waals surface area contributed by atoms with Crippen molar-refractivity contribution >= 4 is 17.0 Å². The summed E-state index contributed by atoms with van der Waals surface area (Å²) in [6, 6.07) is 12.3. The molecule has 2 aromatic rings. The maximum absolute atomic E-state index is 8.92. The molecule has 0 atom stereocenters. The molecular formula is C16H18N2S. The van der Waals surface area contributed by atoms with Crippen LogP contribution in [-0.4, -0.2) is 6.54 Å². The van der Waals surface area contributed by atoms with Crippen LogP contribution in [0.5, 0.6) is 0 Å². The molecular weight excluding hydrogens is 252 g/mol. The number of thiophene rings is 1. The van der Waals surface area contributed by atoms with Gasteiger partial charge in [-0.2, -0.15) is 5.26 Å². The third-order valence-electron chi connectivity index (χ3n) is 3.27. The van der Waals surface area contributed by atoms with Crippen molar-refractivity contribution in [3.63, 3.8) is 0 Å². The molecule has 0 unspecified atom stereocenters. The lowest BCUT2D eigenvalue weighted by atomic mass is 9.91. The molecule has 98 valence electrons. The molecule has 0 radical (unpaired) electrons. The molecule has 3 heteroatoms. The highest BCUT2D eigenvalue weighted by Gasteiger charge is 2.21. The number of aryl methyl sites for hydroxylation is 1. The van der Waals surface area contributed by atoms with E-state index >= 15 is 0 Å². The molecule has 1 N–H and O–H groups in total. The lowest BCUT2D eigenvalue weighted by Gasteiger charge is -2.24. The van der Waals surface area contributed by atoms with Crippen LogP contribution in [0.3, 0.4) is 0 Å². The van der Waals surface area contributed by atoms with Gasteiger partial charge in [-0.1, -0.05) is 19.9 Å². The molecule has 0 aliphatic carbocycles. The predicted octanol–water partition coefficient (Wildman–Crippen LogP) is 4.32. The van der Waals surface area contributed by atoms with Crippen LogP contribution in [0.15, 0.2) is 35.7 Å². The molecule has 0 spiro atoms. The highest BCUT2D eigenvalue weighted by Crippen LogP contribution is 2.28. The number of rotatable bonds is 4. The second-order valence-electron chi connectivity index (χ2n) is 5.36. The molecule has 0 amide bonds. The number of hydrogen-bond donors (Lipinski definition) is 1. The number of benzene rings is 1. The summed E-state index contributed by atoms with van der Waals surface area (Å²) in [5.74, 6) is 0. The van der Waals surface area contributed by atoms with Crippen LogP contribution in [0.2, 0.25) is 0 Å². The molecule has 1 aromatic heterocycles. The van der Waals surface area contributed by atoms with Crippen molar-refractivity contribution < 1.29 is 0 Å². The van der Waals surface area contributed by atoms with Gasteiger partial charge in [0.15, 0.2) is 0 Å². The molecule has 0 fully saturated rings. The first kappa shape index (κ1) is 13.6. The molecule has 2 nitrogen and oxygen atoms in total. The van der Waals surface area contributed by atoms with E-state index in [0.717, 1.165) is 23.4 Å². The Labute approximate surface area is 118 Å². The van der Waals surface area contributed by atoms with E-state index in [-0.39, 0.29) is 5.41 Å². The summed E-state index contributed by atoms with van der Waals surface area (Å²) in [7, 11) is 0. The summed E-state index contributed by atoms with van der Waals surface area (Å²) >= 11 is 1.79. The SMILES string of the molecule is Cc1cc(NCC(C)(C)c2cccs2)ccc1C#N. The van der Waals surface area contributed by atoms with Gasteiger partial charge in [0, 0.05) is 22.5 Å². The largest absolute Gasteiger partial charge is 0.384 e. The first-order valence-electron chi connectivity index (χ1n) is 6.31. The van der Waals surface area contributed by atoms with Gasteiger partial charge in [0.2, 0.25) is 0 Å². The summed E-state index contributed by atoms with van der Waals surface area (Å²) in [5, 5.41) is 14.5. The Balaban J connectivity index is 2.07. The number of nitrogens with zero attached hydrogens (tertiary/aromatic N) is 1. The van der Waals surface area contributed by atoms with Gasteiger partial charge < -0.3 is 5.32 Å². The highest BCUT2D eigenvalue weighted by molar-refractivity contribution is 7.10. The normalized spacial score (nSPS) is 11.1. The van der Waals surface area contributed by atoms with Crippen molar-refractivity contribution in [3.8, 4) is 6.07 Å². The number of hydrogen-bond acceptors (Lipinski definition) is 3. The highest BCUT2D eigenvalue weighted by atomic mass is 32.1. The van der Waals surface area contributed by atoms with Crippen molar-refractivity contribution in [1.29, 1.82) is 5.26 Å². The molecule has 19 heavy (non-hydrogen) atoms. The molecule has 0 saturated carbocycles. The predicted molar refractivity (Wildman–Crippen MR) is 81.7 cm³/mol. The third-order valence-corrected chi connectivity index (χ3v) is 4.51. The van der Waals surface area contributed by atoms with Crippen LogP contribution in [0.25, 0.3) is 0 Å². The quantitative estimate of drug-likeness (QED) is 0.898. The van der Waals surface area contributed by atoms with Gasteiger partial charge in [-0.15, -0.1) is 11.3 Å². The van der Waals surface area contributed by atoms with Crippen LogP contribution in [0.1, 0.15) is 29.9 Å². The smallest absolute Gasteiger partial charge is 0.0994 e. The van der Waals surface area contributed by atoms with E-state index in [0.29, 0.717) is 0 Å². The van der Waals surface area contributed by atoms with Crippen LogP contribution >= 0.6 is 11.3 Å². The minimum atomic E-state index is 0.107. The van der Waals surface area contributed by atoms with Gasteiger partial charge in [-0.05, 0) is 42.1 Å². The average Bonchev–Trinajstić information content (AvgIpc) is 2.91. The standard InChI is InChI=1S/C16H18N2S/c1-12-9-14(7-6-13(12)10-17)18-11-16(2,3)15-5-4-8-19-15/h4-9,18H,11H2,1-3H3. The summed E-state index contributed by atoms with van der Waals surface area (Å²) in [6.07, 6.45) is 0. The Hall–Kier alpha value is -1.79. The van der Waals surface area contributed by atoms with Crippen molar-refractivity contribution in [2.24, 2.45) is 0 Å². The van der Waals surface area contributed by atoms with Crippen molar-refractivity contribution in [3.05, 3.63) is 51.7 Å². The average molecular weight is 270 g/mol. The monoisotopic (exact) mass is 270 g/mol. The Morgan fingerprint density at radius 2 is 2.11 bits per heavy atom. The topological polar surface area (TPSA) is 35.8 Å². The molecule has 2 rings (SSSR count). The summed E-state index contributed by atoms with van der Waals surface area (Å²) < 4.78 is 0. The van der Waals surface area contributed by atoms with E-state index in [1.54, 1.807) is 11.3 Å². The van der Waals surface area contributed by atoms with E-state index in [1.165, 1.54) is 4.88 Å². The molecule has 0 bridgehead atoms. The van der Waals surface area contributed by atoms with Crippen molar-refractivity contribution in [2.45, 2.75) is 26.2 Å². The van der Waals surface area contributed by atoms with Crippen LogP contribution in [0.4, 0.5) is 5.69 Å². The zero-order chi connectivity index (χ0) is 13.9. The minimum Gasteiger partial charge on any atom is -0.384 e. The zero-order valence-corrected chi connectivity index (χ0v) is 12.3. The maximum atomic E-state index is 8.92. The Morgan fingerprint density at radius 1 is 1.32 bits per heavy atom. The number of nitrogens with one attached hydrogen (secondary N) is 1. The summed E-state index contributed by atoms with van der Waals surface area (Å²) in [5.41, 5.74) is 2.93. The van der Waals surface area contributed by atoms with E-state index in [2.05, 4.69) is 42.7 Å². The molecule has 0 aliphatic rings. The fourth-order valence-corrected chi connectivity index (χ4v) is 2.82. The third kappa shape index (κ3) is 3.15. The van der Waals surface area contributed by atoms with Gasteiger partial charge >= 0.3 is 0 Å². The van der Waals surface area contributed by atoms with Gasteiger partial charge in [-0.3, -0.25) is 0 Å². The van der Waals surface area contributed by atoms with Crippen molar-refractivity contribution in [2.75, 3.05) is 11.9 Å². The Bertz CT molecular complexity index is 592. The van der Waals surface area contributed by atoms with Gasteiger partial charge in [0.1, 0.15) is 0 Å². The number of anilines is 1.